The number of amides is 1. The minimum absolute atomic E-state index is 0.0673. The van der Waals surface area contributed by atoms with Crippen LogP contribution < -0.4 is 15.4 Å². The first-order chi connectivity index (χ1) is 10.1. The van der Waals surface area contributed by atoms with Gasteiger partial charge in [-0.3, -0.25) is 4.79 Å². The Morgan fingerprint density at radius 2 is 1.90 bits per heavy atom. The van der Waals surface area contributed by atoms with Crippen molar-refractivity contribution in [1.29, 1.82) is 0 Å². The molecule has 1 amide bonds. The Balaban J connectivity index is 2.40. The smallest absolute Gasteiger partial charge is 0.238 e. The Kier molecular flexibility index (Phi) is 7.79. The third kappa shape index (κ3) is 6.60. The summed E-state index contributed by atoms with van der Waals surface area (Å²) in [7, 11) is 1.61. The fraction of sp³-hybridized carbons (Fsp3) is 0.562. The standard InChI is InChI=1S/C16H26N2O3/c1-5-21-11-15(12(2)3)17-10-16(19)18-13-6-8-14(20-4)9-7-13/h6-9,12,15,17H,5,10-11H2,1-4H3,(H,18,19). The molecule has 0 radical (unpaired) electrons. The molecule has 0 fully saturated rings. The second-order valence-corrected chi connectivity index (χ2v) is 5.17. The van der Waals surface area contributed by atoms with Crippen molar-refractivity contribution in [2.75, 3.05) is 32.2 Å². The lowest BCUT2D eigenvalue weighted by Crippen LogP contribution is -2.42. The van der Waals surface area contributed by atoms with Gasteiger partial charge in [-0.2, -0.15) is 0 Å². The second-order valence-electron chi connectivity index (χ2n) is 5.17. The van der Waals surface area contributed by atoms with Gasteiger partial charge < -0.3 is 20.1 Å². The molecule has 0 aromatic heterocycles. The number of hydrogen-bond donors (Lipinski definition) is 2. The van der Waals surface area contributed by atoms with E-state index in [1.807, 2.05) is 31.2 Å². The number of carbonyl (C=O) groups excluding carboxylic acids is 1. The summed E-state index contributed by atoms with van der Waals surface area (Å²) >= 11 is 0. The van der Waals surface area contributed by atoms with Crippen molar-refractivity contribution in [3.8, 4) is 5.75 Å². The molecular formula is C16H26N2O3. The normalized spacial score (nSPS) is 12.2. The highest BCUT2D eigenvalue weighted by Gasteiger charge is 2.14. The van der Waals surface area contributed by atoms with Crippen LogP contribution in [0.1, 0.15) is 20.8 Å². The van der Waals surface area contributed by atoms with Crippen LogP contribution in [0.2, 0.25) is 0 Å². The number of nitrogens with one attached hydrogen (secondary N) is 2. The Bertz CT molecular complexity index is 418. The van der Waals surface area contributed by atoms with Gasteiger partial charge in [0, 0.05) is 18.3 Å². The van der Waals surface area contributed by atoms with Gasteiger partial charge in [-0.25, -0.2) is 0 Å². The monoisotopic (exact) mass is 294 g/mol. The number of rotatable bonds is 9. The first-order valence-electron chi connectivity index (χ1n) is 7.31. The molecule has 21 heavy (non-hydrogen) atoms. The quantitative estimate of drug-likeness (QED) is 0.733. The predicted octanol–water partition coefficient (Wildman–Crippen LogP) is 2.28. The fourth-order valence-corrected chi connectivity index (χ4v) is 1.84. The van der Waals surface area contributed by atoms with Crippen molar-refractivity contribution >= 4 is 11.6 Å². The summed E-state index contributed by atoms with van der Waals surface area (Å²) < 4.78 is 10.5. The number of hydrogen-bond acceptors (Lipinski definition) is 4. The van der Waals surface area contributed by atoms with Gasteiger partial charge in [-0.05, 0) is 37.1 Å². The van der Waals surface area contributed by atoms with Crippen LogP contribution >= 0.6 is 0 Å². The minimum atomic E-state index is -0.0673. The molecule has 0 heterocycles. The van der Waals surface area contributed by atoms with Gasteiger partial charge in [-0.1, -0.05) is 13.8 Å². The average Bonchev–Trinajstić information content (AvgIpc) is 2.47. The van der Waals surface area contributed by atoms with Gasteiger partial charge >= 0.3 is 0 Å². The zero-order valence-electron chi connectivity index (χ0n) is 13.3. The molecule has 0 saturated heterocycles. The average molecular weight is 294 g/mol. The van der Waals surface area contributed by atoms with E-state index in [2.05, 4.69) is 24.5 Å². The molecule has 0 aliphatic heterocycles. The molecule has 0 saturated carbocycles. The van der Waals surface area contributed by atoms with Crippen LogP contribution in [-0.2, 0) is 9.53 Å². The van der Waals surface area contributed by atoms with Crippen LogP contribution in [0.5, 0.6) is 5.75 Å². The maximum absolute atomic E-state index is 11.9. The summed E-state index contributed by atoms with van der Waals surface area (Å²) in [6.07, 6.45) is 0. The number of methoxy groups -OCH3 is 1. The van der Waals surface area contributed by atoms with Gasteiger partial charge in [-0.15, -0.1) is 0 Å². The molecule has 1 atom stereocenters. The van der Waals surface area contributed by atoms with Crippen LogP contribution in [0.15, 0.2) is 24.3 Å². The van der Waals surface area contributed by atoms with E-state index in [1.165, 1.54) is 0 Å². The number of ether oxygens (including phenoxy) is 2. The molecule has 1 aromatic rings. The maximum Gasteiger partial charge on any atom is 0.238 e. The van der Waals surface area contributed by atoms with E-state index in [1.54, 1.807) is 7.11 Å². The van der Waals surface area contributed by atoms with E-state index in [0.29, 0.717) is 19.1 Å². The van der Waals surface area contributed by atoms with E-state index in [4.69, 9.17) is 9.47 Å². The van der Waals surface area contributed by atoms with E-state index in [-0.39, 0.29) is 18.5 Å². The van der Waals surface area contributed by atoms with Crippen molar-refractivity contribution in [3.05, 3.63) is 24.3 Å². The predicted molar refractivity (Wildman–Crippen MR) is 84.7 cm³/mol. The molecule has 0 spiro atoms. The number of anilines is 1. The van der Waals surface area contributed by atoms with E-state index in [9.17, 15) is 4.79 Å². The first kappa shape index (κ1) is 17.5. The van der Waals surface area contributed by atoms with Crippen LogP contribution in [0.4, 0.5) is 5.69 Å². The summed E-state index contributed by atoms with van der Waals surface area (Å²) in [6, 6.07) is 7.43. The van der Waals surface area contributed by atoms with E-state index >= 15 is 0 Å². The number of carbonyl (C=O) groups is 1. The van der Waals surface area contributed by atoms with Crippen LogP contribution in [-0.4, -0.2) is 38.8 Å². The van der Waals surface area contributed by atoms with Gasteiger partial charge in [0.2, 0.25) is 5.91 Å². The van der Waals surface area contributed by atoms with E-state index in [0.717, 1.165) is 11.4 Å². The van der Waals surface area contributed by atoms with Gasteiger partial charge in [0.05, 0.1) is 20.3 Å². The summed E-state index contributed by atoms with van der Waals surface area (Å²) in [5.74, 6) is 1.11. The Morgan fingerprint density at radius 1 is 1.24 bits per heavy atom. The lowest BCUT2D eigenvalue weighted by atomic mass is 10.1. The summed E-state index contributed by atoms with van der Waals surface area (Å²) in [6.45, 7) is 7.75. The lowest BCUT2D eigenvalue weighted by molar-refractivity contribution is -0.115. The van der Waals surface area contributed by atoms with Gasteiger partial charge in [0.1, 0.15) is 5.75 Å². The molecule has 0 aliphatic carbocycles. The Hall–Kier alpha value is -1.59. The molecular weight excluding hydrogens is 268 g/mol. The largest absolute Gasteiger partial charge is 0.497 e. The third-order valence-electron chi connectivity index (χ3n) is 3.20. The van der Waals surface area contributed by atoms with Crippen LogP contribution in [0.3, 0.4) is 0 Å². The van der Waals surface area contributed by atoms with Crippen molar-refractivity contribution < 1.29 is 14.3 Å². The zero-order valence-corrected chi connectivity index (χ0v) is 13.3. The van der Waals surface area contributed by atoms with Crippen LogP contribution in [0.25, 0.3) is 0 Å². The highest BCUT2D eigenvalue weighted by molar-refractivity contribution is 5.92. The van der Waals surface area contributed by atoms with Crippen molar-refractivity contribution in [2.24, 2.45) is 5.92 Å². The molecule has 5 nitrogen and oxygen atoms in total. The third-order valence-corrected chi connectivity index (χ3v) is 3.20. The summed E-state index contributed by atoms with van der Waals surface area (Å²) in [4.78, 5) is 11.9. The minimum Gasteiger partial charge on any atom is -0.497 e. The van der Waals surface area contributed by atoms with Crippen molar-refractivity contribution in [3.63, 3.8) is 0 Å². The number of benzene rings is 1. The Labute approximate surface area is 127 Å². The SMILES string of the molecule is CCOCC(NCC(=O)Nc1ccc(OC)cc1)C(C)C. The summed E-state index contributed by atoms with van der Waals surface area (Å²) in [5.41, 5.74) is 0.758. The molecule has 5 heteroatoms. The molecule has 0 aliphatic rings. The highest BCUT2D eigenvalue weighted by atomic mass is 16.5. The topological polar surface area (TPSA) is 59.6 Å². The summed E-state index contributed by atoms with van der Waals surface area (Å²) in [5, 5.41) is 6.08. The lowest BCUT2D eigenvalue weighted by Gasteiger charge is -2.21. The Morgan fingerprint density at radius 3 is 2.43 bits per heavy atom. The van der Waals surface area contributed by atoms with E-state index < -0.39 is 0 Å². The van der Waals surface area contributed by atoms with Crippen LogP contribution in [0, 0.1) is 5.92 Å². The highest BCUT2D eigenvalue weighted by Crippen LogP contribution is 2.14. The molecule has 1 aromatic carbocycles. The fourth-order valence-electron chi connectivity index (χ4n) is 1.84. The molecule has 0 bridgehead atoms. The zero-order chi connectivity index (χ0) is 15.7. The molecule has 1 rings (SSSR count). The molecule has 118 valence electrons. The maximum atomic E-state index is 11.9. The van der Waals surface area contributed by atoms with Gasteiger partial charge in [0.25, 0.3) is 0 Å². The molecule has 1 unspecified atom stereocenters. The first-order valence-corrected chi connectivity index (χ1v) is 7.31. The molecule has 2 N–H and O–H groups in total. The second kappa shape index (κ2) is 9.37. The van der Waals surface area contributed by atoms with Crippen molar-refractivity contribution in [1.82, 2.24) is 5.32 Å². The van der Waals surface area contributed by atoms with Gasteiger partial charge in [0.15, 0.2) is 0 Å². The van der Waals surface area contributed by atoms with Crippen molar-refractivity contribution in [2.45, 2.75) is 26.8 Å².